The first-order valence-electron chi connectivity index (χ1n) is 25.5. The van der Waals surface area contributed by atoms with Gasteiger partial charge in [-0.25, -0.2) is 0 Å². The molecule has 6 heteroatoms. The van der Waals surface area contributed by atoms with Crippen molar-refractivity contribution in [3.8, 4) is 0 Å². The summed E-state index contributed by atoms with van der Waals surface area (Å²) in [6.45, 7) is 6.36. The molecule has 0 aromatic rings. The molecule has 1 atom stereocenters. The lowest BCUT2D eigenvalue weighted by molar-refractivity contribution is -0.167. The third-order valence-electron chi connectivity index (χ3n) is 10.8. The highest BCUT2D eigenvalue weighted by atomic mass is 16.6. The Morgan fingerprint density at radius 1 is 0.361 bits per heavy atom. The summed E-state index contributed by atoms with van der Waals surface area (Å²) in [4.78, 5) is 37.9. The third-order valence-corrected chi connectivity index (χ3v) is 10.8. The van der Waals surface area contributed by atoms with Crippen LogP contribution in [0.15, 0.2) is 72.9 Å². The Morgan fingerprint density at radius 2 is 0.721 bits per heavy atom. The first kappa shape index (κ1) is 57.9. The van der Waals surface area contributed by atoms with Crippen LogP contribution in [0, 0.1) is 0 Å². The van der Waals surface area contributed by atoms with Crippen LogP contribution in [0.1, 0.15) is 239 Å². The van der Waals surface area contributed by atoms with Crippen LogP contribution in [-0.4, -0.2) is 37.2 Å². The molecule has 0 aliphatic rings. The second-order valence-corrected chi connectivity index (χ2v) is 16.7. The van der Waals surface area contributed by atoms with Crippen LogP contribution in [0.2, 0.25) is 0 Å². The lowest BCUT2D eigenvalue weighted by Crippen LogP contribution is -2.30. The Morgan fingerprint density at radius 3 is 1.18 bits per heavy atom. The van der Waals surface area contributed by atoms with Crippen molar-refractivity contribution in [1.82, 2.24) is 0 Å². The van der Waals surface area contributed by atoms with Crippen LogP contribution in [-0.2, 0) is 28.6 Å². The van der Waals surface area contributed by atoms with Crippen molar-refractivity contribution in [2.75, 3.05) is 13.2 Å². The molecule has 0 rings (SSSR count). The maximum atomic E-state index is 12.8. The molecule has 0 N–H and O–H groups in total. The van der Waals surface area contributed by atoms with Crippen LogP contribution < -0.4 is 0 Å². The van der Waals surface area contributed by atoms with Gasteiger partial charge in [-0.2, -0.15) is 0 Å². The molecule has 1 unspecified atom stereocenters. The molecule has 0 aliphatic carbocycles. The van der Waals surface area contributed by atoms with Crippen LogP contribution in [0.4, 0.5) is 0 Å². The Bertz CT molecular complexity index is 1160. The lowest BCUT2D eigenvalue weighted by Gasteiger charge is -2.18. The van der Waals surface area contributed by atoms with Crippen molar-refractivity contribution in [2.24, 2.45) is 0 Å². The number of hydrogen-bond donors (Lipinski definition) is 0. The maximum Gasteiger partial charge on any atom is 0.306 e. The zero-order valence-electron chi connectivity index (χ0n) is 39.9. The van der Waals surface area contributed by atoms with Gasteiger partial charge in [-0.3, -0.25) is 14.4 Å². The summed E-state index contributed by atoms with van der Waals surface area (Å²) < 4.78 is 16.8. The third kappa shape index (κ3) is 47.7. The number of unbranched alkanes of at least 4 members (excludes halogenated alkanes) is 24. The van der Waals surface area contributed by atoms with Crippen LogP contribution >= 0.6 is 0 Å². The van der Waals surface area contributed by atoms with Crippen molar-refractivity contribution in [1.29, 1.82) is 0 Å². The fraction of sp³-hybridized carbons (Fsp3) is 0.727. The van der Waals surface area contributed by atoms with Gasteiger partial charge in [0, 0.05) is 19.3 Å². The molecule has 6 nitrogen and oxygen atoms in total. The molecule has 0 radical (unpaired) electrons. The number of carbonyl (C=O) groups is 3. The van der Waals surface area contributed by atoms with E-state index in [0.29, 0.717) is 19.3 Å². The minimum atomic E-state index is -0.793. The zero-order chi connectivity index (χ0) is 44.4. The lowest BCUT2D eigenvalue weighted by atomic mass is 10.0. The SMILES string of the molecule is CC/C=C/C=C/C=C/CCCCCCCC(=O)OCC(COC(=O)CCCCCCCCCCCCCCCCCC)OC(=O)CCCCCC/C=C/C/C=C/C/C=C/CC. The predicted molar refractivity (Wildman–Crippen MR) is 261 cm³/mol. The first-order valence-corrected chi connectivity index (χ1v) is 25.5. The monoisotopic (exact) mass is 851 g/mol. The molecule has 0 saturated carbocycles. The normalized spacial score (nSPS) is 12.6. The summed E-state index contributed by atoms with van der Waals surface area (Å²) in [5.41, 5.74) is 0. The minimum Gasteiger partial charge on any atom is -0.462 e. The smallest absolute Gasteiger partial charge is 0.306 e. The number of hydrogen-bond acceptors (Lipinski definition) is 6. The van der Waals surface area contributed by atoms with E-state index >= 15 is 0 Å². The van der Waals surface area contributed by atoms with Crippen molar-refractivity contribution < 1.29 is 28.6 Å². The molecule has 0 aliphatic heterocycles. The van der Waals surface area contributed by atoms with E-state index in [0.717, 1.165) is 116 Å². The van der Waals surface area contributed by atoms with E-state index in [9.17, 15) is 14.4 Å². The van der Waals surface area contributed by atoms with Gasteiger partial charge in [0.1, 0.15) is 13.2 Å². The zero-order valence-corrected chi connectivity index (χ0v) is 39.9. The quantitative estimate of drug-likeness (QED) is 0.0200. The van der Waals surface area contributed by atoms with E-state index in [1.165, 1.54) is 83.5 Å². The van der Waals surface area contributed by atoms with Gasteiger partial charge in [-0.1, -0.05) is 222 Å². The van der Waals surface area contributed by atoms with E-state index in [1.807, 2.05) is 0 Å². The molecular formula is C55H94O6. The molecule has 0 amide bonds. The van der Waals surface area contributed by atoms with Gasteiger partial charge >= 0.3 is 17.9 Å². The molecule has 0 aromatic carbocycles. The molecule has 0 fully saturated rings. The summed E-state index contributed by atoms with van der Waals surface area (Å²) in [5, 5.41) is 0. The van der Waals surface area contributed by atoms with Crippen LogP contribution in [0.3, 0.4) is 0 Å². The Balaban J connectivity index is 4.42. The highest BCUT2D eigenvalue weighted by Gasteiger charge is 2.19. The van der Waals surface area contributed by atoms with Gasteiger partial charge in [0.2, 0.25) is 0 Å². The molecular weight excluding hydrogens is 757 g/mol. The van der Waals surface area contributed by atoms with E-state index in [2.05, 4.69) is 93.7 Å². The average molecular weight is 851 g/mol. The van der Waals surface area contributed by atoms with Gasteiger partial charge in [-0.05, 0) is 70.6 Å². The maximum absolute atomic E-state index is 12.8. The number of allylic oxidation sites excluding steroid dienone is 12. The standard InChI is InChI=1S/C55H94O6/c1-4-7-10-13-16-19-22-25-27-28-31-33-36-39-42-45-48-54(57)60-51-52(50-59-53(56)47-44-41-38-35-32-29-24-21-18-15-12-9-6-3)61-55(58)49-46-43-40-37-34-30-26-23-20-17-14-11-8-5-2/h8-9,11-12,15,17-18,20-21,24,26,30,52H,4-7,10,13-14,16,19,22-23,25,27-29,31-51H2,1-3H3/b11-8+,12-9+,18-15+,20-17+,24-21+,30-26+. The first-order chi connectivity index (χ1) is 30.0. The van der Waals surface area contributed by atoms with Gasteiger partial charge in [0.05, 0.1) is 0 Å². The fourth-order valence-electron chi connectivity index (χ4n) is 6.99. The van der Waals surface area contributed by atoms with E-state index in [1.54, 1.807) is 0 Å². The van der Waals surface area contributed by atoms with Crippen LogP contribution in [0.25, 0.3) is 0 Å². The van der Waals surface area contributed by atoms with Crippen molar-refractivity contribution in [3.63, 3.8) is 0 Å². The Hall–Kier alpha value is -3.15. The number of rotatable bonds is 45. The predicted octanol–water partition coefficient (Wildman–Crippen LogP) is 16.6. The molecule has 0 spiro atoms. The van der Waals surface area contributed by atoms with Gasteiger partial charge in [0.15, 0.2) is 6.10 Å². The summed E-state index contributed by atoms with van der Waals surface area (Å²) in [7, 11) is 0. The highest BCUT2D eigenvalue weighted by Crippen LogP contribution is 2.15. The van der Waals surface area contributed by atoms with Crippen molar-refractivity contribution in [2.45, 2.75) is 245 Å². The second kappa shape index (κ2) is 49.5. The summed E-state index contributed by atoms with van der Waals surface area (Å²) in [6, 6.07) is 0. The van der Waals surface area contributed by atoms with Crippen molar-refractivity contribution >= 4 is 17.9 Å². The average Bonchev–Trinajstić information content (AvgIpc) is 3.26. The number of carbonyl (C=O) groups excluding carboxylic acids is 3. The topological polar surface area (TPSA) is 78.9 Å². The molecule has 0 bridgehead atoms. The molecule has 0 saturated heterocycles. The largest absolute Gasteiger partial charge is 0.462 e. The van der Waals surface area contributed by atoms with Gasteiger partial charge in [0.25, 0.3) is 0 Å². The molecule has 61 heavy (non-hydrogen) atoms. The van der Waals surface area contributed by atoms with E-state index in [-0.39, 0.29) is 31.1 Å². The molecule has 350 valence electrons. The van der Waals surface area contributed by atoms with Crippen LogP contribution in [0.5, 0.6) is 0 Å². The summed E-state index contributed by atoms with van der Waals surface area (Å²) in [5.74, 6) is -0.931. The molecule has 0 aromatic heterocycles. The van der Waals surface area contributed by atoms with Gasteiger partial charge < -0.3 is 14.2 Å². The Kier molecular flexibility index (Phi) is 46.9. The summed E-state index contributed by atoms with van der Waals surface area (Å²) in [6.07, 6.45) is 61.7. The second-order valence-electron chi connectivity index (χ2n) is 16.7. The Labute approximate surface area is 376 Å². The van der Waals surface area contributed by atoms with Crippen molar-refractivity contribution in [3.05, 3.63) is 72.9 Å². The number of esters is 3. The van der Waals surface area contributed by atoms with Gasteiger partial charge in [-0.15, -0.1) is 0 Å². The van der Waals surface area contributed by atoms with E-state index < -0.39 is 6.10 Å². The molecule has 0 heterocycles. The van der Waals surface area contributed by atoms with E-state index in [4.69, 9.17) is 14.2 Å². The minimum absolute atomic E-state index is 0.0899. The fourth-order valence-corrected chi connectivity index (χ4v) is 6.99. The number of ether oxygens (including phenoxy) is 3. The summed E-state index contributed by atoms with van der Waals surface area (Å²) >= 11 is 0. The highest BCUT2D eigenvalue weighted by molar-refractivity contribution is 5.71.